The Balaban J connectivity index is 1.33. The Bertz CT molecular complexity index is 1120. The van der Waals surface area contributed by atoms with Gasteiger partial charge in [0, 0.05) is 50.0 Å². The molecule has 1 aromatic carbocycles. The third kappa shape index (κ3) is 4.90. The van der Waals surface area contributed by atoms with E-state index in [1.165, 1.54) is 12.8 Å². The lowest BCUT2D eigenvalue weighted by molar-refractivity contribution is -0.144. The molecule has 38 heavy (non-hydrogen) atoms. The van der Waals surface area contributed by atoms with Gasteiger partial charge < -0.3 is 24.8 Å². The van der Waals surface area contributed by atoms with Gasteiger partial charge in [-0.2, -0.15) is 0 Å². The second-order valence-electron chi connectivity index (χ2n) is 11.6. The number of likely N-dealkylation sites (tertiary alicyclic amines) is 1. The fourth-order valence-electron chi connectivity index (χ4n) is 6.39. The highest BCUT2D eigenvalue weighted by atomic mass is 19.1. The first-order valence-corrected chi connectivity index (χ1v) is 14.0. The quantitative estimate of drug-likeness (QED) is 0.526. The van der Waals surface area contributed by atoms with Crippen LogP contribution in [0.15, 0.2) is 42.1 Å². The molecule has 3 fully saturated rings. The number of carbonyl (C=O) groups excluding carboxylic acids is 2. The van der Waals surface area contributed by atoms with Crippen LogP contribution in [0.5, 0.6) is 0 Å². The minimum atomic E-state index is -0.646. The number of likely N-dealkylation sites (N-methyl/N-ethyl adjacent to an activating group) is 1. The Morgan fingerprint density at radius 2 is 1.97 bits per heavy atom. The lowest BCUT2D eigenvalue weighted by Gasteiger charge is -2.63. The van der Waals surface area contributed by atoms with E-state index in [1.54, 1.807) is 6.07 Å². The zero-order valence-corrected chi connectivity index (χ0v) is 23.1. The Morgan fingerprint density at radius 3 is 2.61 bits per heavy atom. The van der Waals surface area contributed by atoms with Gasteiger partial charge >= 0.3 is 12.0 Å². The van der Waals surface area contributed by atoms with Gasteiger partial charge in [0.1, 0.15) is 11.9 Å². The summed E-state index contributed by atoms with van der Waals surface area (Å²) >= 11 is 0. The number of benzene rings is 1. The number of allylic oxidation sites excluding steroid dienone is 2. The van der Waals surface area contributed by atoms with Crippen molar-refractivity contribution in [3.8, 4) is 0 Å². The van der Waals surface area contributed by atoms with Crippen molar-refractivity contribution >= 4 is 17.7 Å². The van der Waals surface area contributed by atoms with Crippen molar-refractivity contribution in [2.75, 3.05) is 45.2 Å². The highest BCUT2D eigenvalue weighted by Crippen LogP contribution is 2.52. The fourth-order valence-corrected chi connectivity index (χ4v) is 6.39. The van der Waals surface area contributed by atoms with Gasteiger partial charge in [-0.25, -0.2) is 14.0 Å². The third-order valence-electron chi connectivity index (χ3n) is 9.20. The first-order valence-electron chi connectivity index (χ1n) is 14.0. The first-order chi connectivity index (χ1) is 18.3. The van der Waals surface area contributed by atoms with Crippen molar-refractivity contribution in [1.29, 1.82) is 0 Å². The van der Waals surface area contributed by atoms with Gasteiger partial charge in [-0.1, -0.05) is 32.4 Å². The number of hydrogen-bond donors (Lipinski definition) is 1. The molecule has 0 bridgehead atoms. The number of methoxy groups -OCH3 is 1. The molecule has 1 aromatic rings. The molecule has 2 saturated heterocycles. The molecule has 3 atom stereocenters. The van der Waals surface area contributed by atoms with E-state index in [2.05, 4.69) is 46.5 Å². The van der Waals surface area contributed by atoms with Crippen molar-refractivity contribution in [1.82, 2.24) is 15.1 Å². The molecule has 3 heterocycles. The zero-order valence-electron chi connectivity index (χ0n) is 23.1. The number of esters is 1. The van der Waals surface area contributed by atoms with E-state index in [0.717, 1.165) is 56.4 Å². The molecular weight excluding hydrogens is 483 g/mol. The van der Waals surface area contributed by atoms with Gasteiger partial charge in [-0.15, -0.1) is 0 Å². The predicted molar refractivity (Wildman–Crippen MR) is 146 cm³/mol. The van der Waals surface area contributed by atoms with Gasteiger partial charge in [0.15, 0.2) is 0 Å². The van der Waals surface area contributed by atoms with E-state index in [9.17, 15) is 14.0 Å². The van der Waals surface area contributed by atoms with E-state index in [1.807, 2.05) is 24.8 Å². The summed E-state index contributed by atoms with van der Waals surface area (Å²) in [6.45, 7) is 6.97. The topological polar surface area (TPSA) is 65.1 Å². The number of carbonyl (C=O) groups is 2. The standard InChI is InChI=1S/C30H41FN4O3/c1-5-20(2)26(28(36)38-4)32-29(37)34-16-13-30(14-17-34)19-35(27(30)25-8-6-7-15-33(25)3)22-11-12-24(31)23(18-22)21-9-10-21/h6-8,11-12,18,20-21,26-27H,5,9-10,13-17,19H2,1-4H3,(H,32,37)/t20?,26-,27?/m0/s1. The minimum Gasteiger partial charge on any atom is -0.467 e. The second-order valence-corrected chi connectivity index (χ2v) is 11.6. The average Bonchev–Trinajstić information content (AvgIpc) is 3.77. The molecule has 8 heteroatoms. The molecule has 1 saturated carbocycles. The SMILES string of the molecule is CCC(C)[C@H](NC(=O)N1CCC2(CC1)CN(c1ccc(F)c(C3CC3)c1)C2C1=CC=CCN1C)C(=O)OC. The number of rotatable bonds is 7. The number of piperidine rings is 1. The van der Waals surface area contributed by atoms with Crippen LogP contribution in [0.4, 0.5) is 14.9 Å². The van der Waals surface area contributed by atoms with Crippen LogP contribution in [0.1, 0.15) is 57.4 Å². The van der Waals surface area contributed by atoms with Crippen LogP contribution >= 0.6 is 0 Å². The molecule has 0 aromatic heterocycles. The maximum Gasteiger partial charge on any atom is 0.328 e. The van der Waals surface area contributed by atoms with E-state index < -0.39 is 12.0 Å². The largest absolute Gasteiger partial charge is 0.467 e. The molecule has 3 aliphatic heterocycles. The van der Waals surface area contributed by atoms with Crippen molar-refractivity contribution in [2.24, 2.45) is 11.3 Å². The highest BCUT2D eigenvalue weighted by molar-refractivity contribution is 5.84. The maximum atomic E-state index is 14.5. The van der Waals surface area contributed by atoms with Gasteiger partial charge in [-0.05, 0) is 67.4 Å². The molecule has 206 valence electrons. The second kappa shape index (κ2) is 10.6. The lowest BCUT2D eigenvalue weighted by Crippen LogP contribution is -2.70. The molecule has 7 nitrogen and oxygen atoms in total. The highest BCUT2D eigenvalue weighted by Gasteiger charge is 2.56. The Kier molecular flexibility index (Phi) is 7.43. The lowest BCUT2D eigenvalue weighted by atomic mass is 9.63. The number of ether oxygens (including phenoxy) is 1. The third-order valence-corrected chi connectivity index (χ3v) is 9.20. The minimum absolute atomic E-state index is 0.00910. The number of halogens is 1. The number of anilines is 1. The summed E-state index contributed by atoms with van der Waals surface area (Å²) in [5, 5.41) is 2.93. The van der Waals surface area contributed by atoms with E-state index in [0.29, 0.717) is 19.0 Å². The number of urea groups is 1. The van der Waals surface area contributed by atoms with Gasteiger partial charge in [0.2, 0.25) is 0 Å². The molecule has 4 aliphatic rings. The summed E-state index contributed by atoms with van der Waals surface area (Å²) in [6.07, 6.45) is 11.1. The van der Waals surface area contributed by atoms with Crippen LogP contribution in [0.3, 0.4) is 0 Å². The van der Waals surface area contributed by atoms with Crippen LogP contribution in [0.2, 0.25) is 0 Å². The van der Waals surface area contributed by atoms with Gasteiger partial charge in [0.05, 0.1) is 13.2 Å². The summed E-state index contributed by atoms with van der Waals surface area (Å²) < 4.78 is 19.5. The molecule has 1 aliphatic carbocycles. The zero-order chi connectivity index (χ0) is 27.0. The number of nitrogens with zero attached hydrogens (tertiary/aromatic N) is 3. The van der Waals surface area contributed by atoms with Crippen molar-refractivity contribution in [2.45, 2.75) is 64.0 Å². The fraction of sp³-hybridized carbons (Fsp3) is 0.600. The van der Waals surface area contributed by atoms with E-state index in [4.69, 9.17) is 4.74 Å². The van der Waals surface area contributed by atoms with Crippen LogP contribution in [0, 0.1) is 17.2 Å². The maximum absolute atomic E-state index is 14.5. The Labute approximate surface area is 225 Å². The molecular formula is C30H41FN4O3. The molecule has 1 N–H and O–H groups in total. The normalized spacial score (nSPS) is 24.0. The van der Waals surface area contributed by atoms with Crippen molar-refractivity contribution in [3.63, 3.8) is 0 Å². The van der Waals surface area contributed by atoms with Crippen LogP contribution in [-0.4, -0.2) is 74.2 Å². The summed E-state index contributed by atoms with van der Waals surface area (Å²) in [6, 6.07) is 4.94. The van der Waals surface area contributed by atoms with Crippen LogP contribution in [0.25, 0.3) is 0 Å². The summed E-state index contributed by atoms with van der Waals surface area (Å²) in [4.78, 5) is 32.0. The molecule has 2 unspecified atom stereocenters. The number of amides is 2. The van der Waals surface area contributed by atoms with E-state index >= 15 is 0 Å². The molecule has 5 rings (SSSR count). The van der Waals surface area contributed by atoms with Crippen LogP contribution < -0.4 is 10.2 Å². The van der Waals surface area contributed by atoms with Gasteiger partial charge in [0.25, 0.3) is 0 Å². The summed E-state index contributed by atoms with van der Waals surface area (Å²) in [7, 11) is 3.49. The van der Waals surface area contributed by atoms with E-state index in [-0.39, 0.29) is 29.2 Å². The summed E-state index contributed by atoms with van der Waals surface area (Å²) in [5.41, 5.74) is 3.24. The average molecular weight is 525 g/mol. The molecule has 2 amide bonds. The predicted octanol–water partition coefficient (Wildman–Crippen LogP) is 4.66. The smallest absolute Gasteiger partial charge is 0.328 e. The monoisotopic (exact) mass is 524 g/mol. The van der Waals surface area contributed by atoms with Gasteiger partial charge in [-0.3, -0.25) is 0 Å². The van der Waals surface area contributed by atoms with Crippen molar-refractivity contribution < 1.29 is 18.7 Å². The van der Waals surface area contributed by atoms with Crippen LogP contribution in [-0.2, 0) is 9.53 Å². The number of nitrogens with one attached hydrogen (secondary N) is 1. The Hall–Kier alpha value is -3.03. The number of hydrogen-bond acceptors (Lipinski definition) is 5. The molecule has 1 spiro atoms. The van der Waals surface area contributed by atoms with Crippen molar-refractivity contribution in [3.05, 3.63) is 53.5 Å². The summed E-state index contributed by atoms with van der Waals surface area (Å²) in [5.74, 6) is -0.151. The Morgan fingerprint density at radius 1 is 1.24 bits per heavy atom. The first kappa shape index (κ1) is 26.6. The molecule has 0 radical (unpaired) electrons.